The molecule has 2 rings (SSSR count). The van der Waals surface area contributed by atoms with Gasteiger partial charge in [-0.05, 0) is 18.7 Å². The van der Waals surface area contributed by atoms with Gasteiger partial charge in [0.1, 0.15) is 6.42 Å². The number of likely N-dealkylation sites (N-methyl/N-ethyl adjacent to an activating group) is 1. The largest absolute Gasteiger partial charge is 0.302 e. The van der Waals surface area contributed by atoms with E-state index < -0.39 is 26.7 Å². The maximum atomic E-state index is 11.8. The predicted molar refractivity (Wildman–Crippen MR) is 60.3 cm³/mol. The third kappa shape index (κ3) is 1.52. The molecule has 1 saturated heterocycles. The molecule has 2 atom stereocenters. The third-order valence-corrected chi connectivity index (χ3v) is 3.75. The van der Waals surface area contributed by atoms with Crippen molar-refractivity contribution in [2.75, 3.05) is 19.6 Å². The van der Waals surface area contributed by atoms with Crippen LogP contribution in [0, 0.1) is 20.2 Å². The fraction of sp³-hybridized carbons (Fsp3) is 0.700. The molecule has 0 aromatic heterocycles. The number of likely N-dealkylation sites (tertiary alicyclic amines) is 1. The van der Waals surface area contributed by atoms with Crippen LogP contribution < -0.4 is 0 Å². The van der Waals surface area contributed by atoms with Gasteiger partial charge in [0, 0.05) is 9.85 Å². The van der Waals surface area contributed by atoms with Crippen LogP contribution in [0.2, 0.25) is 0 Å². The molecule has 0 N–H and O–H groups in total. The van der Waals surface area contributed by atoms with E-state index in [-0.39, 0.29) is 19.5 Å². The quantitative estimate of drug-likeness (QED) is 0.514. The summed E-state index contributed by atoms with van der Waals surface area (Å²) >= 11 is 0. The number of nitrogens with zero attached hydrogens (tertiary/aromatic N) is 3. The maximum absolute atomic E-state index is 11.8. The first-order valence-electron chi connectivity index (χ1n) is 5.61. The molecule has 0 radical (unpaired) electrons. The smallest absolute Gasteiger partial charge is 0.289 e. The number of nitro groups is 2. The Bertz CT molecular complexity index is 462. The maximum Gasteiger partial charge on any atom is 0.302 e. The molecule has 2 unspecified atom stereocenters. The Hall–Kier alpha value is -1.83. The van der Waals surface area contributed by atoms with E-state index in [0.29, 0.717) is 6.54 Å². The minimum Gasteiger partial charge on any atom is -0.289 e. The second kappa shape index (κ2) is 3.84. The van der Waals surface area contributed by atoms with Gasteiger partial charge in [-0.2, -0.15) is 0 Å². The van der Waals surface area contributed by atoms with E-state index >= 15 is 0 Å². The Kier molecular flexibility index (Phi) is 2.69. The summed E-state index contributed by atoms with van der Waals surface area (Å²) < 4.78 is 0. The lowest BCUT2D eigenvalue weighted by atomic mass is 9.71. The number of carbonyl (C=O) groups excluding carboxylic acids is 1. The fourth-order valence-corrected chi connectivity index (χ4v) is 2.71. The fourth-order valence-electron chi connectivity index (χ4n) is 2.71. The lowest BCUT2D eigenvalue weighted by molar-refractivity contribution is -0.607. The van der Waals surface area contributed by atoms with Gasteiger partial charge in [-0.1, -0.05) is 6.92 Å². The molecule has 0 spiro atoms. The van der Waals surface area contributed by atoms with Crippen molar-refractivity contribution in [3.63, 3.8) is 0 Å². The van der Waals surface area contributed by atoms with Gasteiger partial charge >= 0.3 is 5.54 Å². The number of piperidine rings is 1. The molecular formula is C10H13N3O5. The number of ketones is 1. The molecule has 2 bridgehead atoms. The summed E-state index contributed by atoms with van der Waals surface area (Å²) in [5.41, 5.74) is -3.38. The van der Waals surface area contributed by atoms with Gasteiger partial charge in [-0.15, -0.1) is 0 Å². The van der Waals surface area contributed by atoms with Crippen molar-refractivity contribution in [3.05, 3.63) is 32.4 Å². The van der Waals surface area contributed by atoms with Crippen LogP contribution in [0.3, 0.4) is 0 Å². The lowest BCUT2D eigenvalue weighted by Crippen LogP contribution is -2.69. The first-order valence-corrected chi connectivity index (χ1v) is 5.61. The summed E-state index contributed by atoms with van der Waals surface area (Å²) in [6.45, 7) is 2.24. The van der Waals surface area contributed by atoms with Crippen molar-refractivity contribution >= 4 is 5.78 Å². The number of carbonyl (C=O) groups is 1. The third-order valence-electron chi connectivity index (χ3n) is 3.75. The van der Waals surface area contributed by atoms with Gasteiger partial charge in [0.05, 0.1) is 13.1 Å². The van der Waals surface area contributed by atoms with E-state index in [1.807, 2.05) is 0 Å². The van der Waals surface area contributed by atoms with Crippen molar-refractivity contribution < 1.29 is 14.6 Å². The van der Waals surface area contributed by atoms with E-state index in [0.717, 1.165) is 6.08 Å². The summed E-state index contributed by atoms with van der Waals surface area (Å²) in [4.78, 5) is 34.7. The second-order valence-electron chi connectivity index (χ2n) is 4.83. The van der Waals surface area contributed by atoms with Gasteiger partial charge in [0.15, 0.2) is 0 Å². The first kappa shape index (κ1) is 12.6. The summed E-state index contributed by atoms with van der Waals surface area (Å²) in [6.07, 6.45) is 1.85. The minimum absolute atomic E-state index is 0.0603. The molecule has 1 aliphatic carbocycles. The SMILES string of the molecule is CCN1CC2([N+](=O)[O-])C=CC(=O)C([N+](=O)[O-])(C1)C2. The molecule has 1 heterocycles. The van der Waals surface area contributed by atoms with Crippen LogP contribution in [-0.2, 0) is 4.79 Å². The second-order valence-corrected chi connectivity index (χ2v) is 4.83. The van der Waals surface area contributed by atoms with Crippen molar-refractivity contribution in [1.82, 2.24) is 4.90 Å². The van der Waals surface area contributed by atoms with Gasteiger partial charge < -0.3 is 0 Å². The van der Waals surface area contributed by atoms with E-state index in [2.05, 4.69) is 0 Å². The predicted octanol–water partition coefficient (Wildman–Crippen LogP) is -0.118. The average Bonchev–Trinajstić information content (AvgIpc) is 2.33. The van der Waals surface area contributed by atoms with Crippen LogP contribution in [-0.4, -0.2) is 51.2 Å². The van der Waals surface area contributed by atoms with Gasteiger partial charge in [-0.25, -0.2) is 0 Å². The van der Waals surface area contributed by atoms with Gasteiger partial charge in [0.25, 0.3) is 5.54 Å². The molecule has 0 amide bonds. The molecule has 0 saturated carbocycles. The topological polar surface area (TPSA) is 107 Å². The molecule has 2 aliphatic rings. The zero-order chi connectivity index (χ0) is 13.6. The van der Waals surface area contributed by atoms with Gasteiger partial charge in [-0.3, -0.25) is 29.9 Å². The number of fused-ring (bicyclic) bond motifs is 2. The van der Waals surface area contributed by atoms with Crippen LogP contribution in [0.5, 0.6) is 0 Å². The molecule has 8 heteroatoms. The molecule has 0 aromatic carbocycles. The molecule has 0 aromatic rings. The summed E-state index contributed by atoms with van der Waals surface area (Å²) in [5.74, 6) is -0.650. The Labute approximate surface area is 103 Å². The average molecular weight is 255 g/mol. The highest BCUT2D eigenvalue weighted by atomic mass is 16.6. The summed E-state index contributed by atoms with van der Waals surface area (Å²) in [6, 6.07) is 0. The van der Waals surface area contributed by atoms with Crippen molar-refractivity contribution in [3.8, 4) is 0 Å². The van der Waals surface area contributed by atoms with Crippen molar-refractivity contribution in [2.24, 2.45) is 0 Å². The Balaban J connectivity index is 2.54. The van der Waals surface area contributed by atoms with Crippen LogP contribution in [0.1, 0.15) is 13.3 Å². The standard InChI is InChI=1S/C10H13N3O5/c1-2-11-6-9(12(15)16)4-3-8(14)10(5-9,7-11)13(17)18/h3-4H,2,5-7H2,1H3. The van der Waals surface area contributed by atoms with E-state index in [4.69, 9.17) is 0 Å². The Morgan fingerprint density at radius 2 is 2.00 bits per heavy atom. The van der Waals surface area contributed by atoms with Gasteiger partial charge in [0.2, 0.25) is 5.78 Å². The highest BCUT2D eigenvalue weighted by Crippen LogP contribution is 2.38. The zero-order valence-electron chi connectivity index (χ0n) is 9.87. The number of hydrogen-bond donors (Lipinski definition) is 0. The highest BCUT2D eigenvalue weighted by Gasteiger charge is 2.66. The van der Waals surface area contributed by atoms with E-state index in [1.165, 1.54) is 6.08 Å². The Morgan fingerprint density at radius 3 is 2.50 bits per heavy atom. The monoisotopic (exact) mass is 255 g/mol. The minimum atomic E-state index is -1.86. The van der Waals surface area contributed by atoms with Crippen molar-refractivity contribution in [2.45, 2.75) is 24.4 Å². The van der Waals surface area contributed by atoms with Crippen molar-refractivity contribution in [1.29, 1.82) is 0 Å². The van der Waals surface area contributed by atoms with Crippen LogP contribution in [0.4, 0.5) is 0 Å². The highest BCUT2D eigenvalue weighted by molar-refractivity contribution is 5.98. The van der Waals surface area contributed by atoms with Crippen LogP contribution >= 0.6 is 0 Å². The summed E-state index contributed by atoms with van der Waals surface area (Å²) in [5, 5.41) is 22.4. The first-order chi connectivity index (χ1) is 8.36. The van der Waals surface area contributed by atoms with E-state index in [1.54, 1.807) is 11.8 Å². The molecule has 98 valence electrons. The molecule has 1 aliphatic heterocycles. The molecule has 1 fully saturated rings. The molecule has 18 heavy (non-hydrogen) atoms. The number of hydrogen-bond acceptors (Lipinski definition) is 6. The van der Waals surface area contributed by atoms with Crippen LogP contribution in [0.25, 0.3) is 0 Å². The molecular weight excluding hydrogens is 242 g/mol. The molecule has 8 nitrogen and oxygen atoms in total. The van der Waals surface area contributed by atoms with Crippen LogP contribution in [0.15, 0.2) is 12.2 Å². The summed E-state index contributed by atoms with van der Waals surface area (Å²) in [7, 11) is 0. The lowest BCUT2D eigenvalue weighted by Gasteiger charge is -2.42. The Morgan fingerprint density at radius 1 is 1.33 bits per heavy atom. The number of rotatable bonds is 3. The van der Waals surface area contributed by atoms with E-state index in [9.17, 15) is 25.0 Å². The zero-order valence-corrected chi connectivity index (χ0v) is 9.87. The normalized spacial score (nSPS) is 35.5.